The maximum atomic E-state index is 13.8. The minimum absolute atomic E-state index is 0.0617. The Morgan fingerprint density at radius 1 is 1.19 bits per heavy atom. The summed E-state index contributed by atoms with van der Waals surface area (Å²) in [5.41, 5.74) is 2.11. The quantitative estimate of drug-likeness (QED) is 0.206. The molecule has 0 amide bonds. The molecule has 4 rings (SSSR count). The van der Waals surface area contributed by atoms with Crippen LogP contribution in [0.4, 0.5) is 0 Å². The van der Waals surface area contributed by atoms with E-state index in [1.54, 1.807) is 23.1 Å². The molecule has 0 saturated carbocycles. The van der Waals surface area contributed by atoms with Crippen molar-refractivity contribution >= 4 is 33.3 Å². The summed E-state index contributed by atoms with van der Waals surface area (Å²) in [6.07, 6.45) is 7.17. The van der Waals surface area contributed by atoms with Crippen LogP contribution in [0.25, 0.3) is 15.9 Å². The molecule has 0 fully saturated rings. The molecule has 3 aromatic rings. The van der Waals surface area contributed by atoms with Gasteiger partial charge in [-0.3, -0.25) is 9.36 Å². The summed E-state index contributed by atoms with van der Waals surface area (Å²) in [4.78, 5) is 20.8. The summed E-state index contributed by atoms with van der Waals surface area (Å²) < 4.78 is 7.89. The Kier molecular flexibility index (Phi) is 7.51. The molecule has 4 nitrogen and oxygen atoms in total. The molecule has 0 radical (unpaired) electrons. The predicted molar refractivity (Wildman–Crippen MR) is 132 cm³/mol. The number of unbranched alkanes of at least 4 members (excludes halogenated alkanes) is 4. The summed E-state index contributed by atoms with van der Waals surface area (Å²) >= 11 is 3.34. The Labute approximate surface area is 193 Å². The third kappa shape index (κ3) is 4.91. The predicted octanol–water partition coefficient (Wildman–Crippen LogP) is 6.61. The van der Waals surface area contributed by atoms with E-state index in [2.05, 4.69) is 20.8 Å². The van der Waals surface area contributed by atoms with Crippen LogP contribution in [-0.2, 0) is 17.8 Å². The Bertz CT molecular complexity index is 1070. The lowest BCUT2D eigenvalue weighted by Crippen LogP contribution is -2.28. The van der Waals surface area contributed by atoms with Gasteiger partial charge in [-0.1, -0.05) is 76.4 Å². The van der Waals surface area contributed by atoms with Gasteiger partial charge in [0.2, 0.25) is 0 Å². The van der Waals surface area contributed by atoms with Crippen molar-refractivity contribution < 1.29 is 4.74 Å². The molecule has 0 aliphatic carbocycles. The SMILES string of the molecule is CCCCCCCSc1nc2sc3c(c2c(=O)n1-c1ccccc1)CC(C(C)C)OC3. The summed E-state index contributed by atoms with van der Waals surface area (Å²) in [6.45, 7) is 7.19. The van der Waals surface area contributed by atoms with Gasteiger partial charge < -0.3 is 4.74 Å². The minimum atomic E-state index is 0.0617. The number of nitrogens with zero attached hydrogens (tertiary/aromatic N) is 2. The van der Waals surface area contributed by atoms with Crippen LogP contribution in [-0.4, -0.2) is 21.4 Å². The highest BCUT2D eigenvalue weighted by molar-refractivity contribution is 7.99. The Morgan fingerprint density at radius 3 is 2.71 bits per heavy atom. The first-order valence-electron chi connectivity index (χ1n) is 11.5. The van der Waals surface area contributed by atoms with E-state index in [1.807, 2.05) is 34.9 Å². The summed E-state index contributed by atoms with van der Waals surface area (Å²) in [5.74, 6) is 1.41. The van der Waals surface area contributed by atoms with Crippen LogP contribution in [0, 0.1) is 5.92 Å². The van der Waals surface area contributed by atoms with Gasteiger partial charge in [-0.15, -0.1) is 11.3 Å². The molecule has 1 aromatic carbocycles. The van der Waals surface area contributed by atoms with Crippen LogP contribution in [0.5, 0.6) is 0 Å². The highest BCUT2D eigenvalue weighted by atomic mass is 32.2. The van der Waals surface area contributed by atoms with E-state index >= 15 is 0 Å². The van der Waals surface area contributed by atoms with Gasteiger partial charge in [0, 0.05) is 17.1 Å². The number of aromatic nitrogens is 2. The first kappa shape index (κ1) is 22.6. The molecule has 166 valence electrons. The largest absolute Gasteiger partial charge is 0.372 e. The zero-order chi connectivity index (χ0) is 21.8. The van der Waals surface area contributed by atoms with Crippen molar-refractivity contribution in [3.8, 4) is 5.69 Å². The van der Waals surface area contributed by atoms with Gasteiger partial charge in [0.05, 0.1) is 23.8 Å². The smallest absolute Gasteiger partial charge is 0.267 e. The second kappa shape index (κ2) is 10.3. The molecule has 0 spiro atoms. The van der Waals surface area contributed by atoms with Crippen LogP contribution in [0.15, 0.2) is 40.3 Å². The number of hydrogen-bond acceptors (Lipinski definition) is 5. The molecule has 2 aromatic heterocycles. The average Bonchev–Trinajstić information content (AvgIpc) is 3.14. The normalized spacial score (nSPS) is 16.2. The minimum Gasteiger partial charge on any atom is -0.372 e. The van der Waals surface area contributed by atoms with E-state index in [-0.39, 0.29) is 11.7 Å². The highest BCUT2D eigenvalue weighted by Gasteiger charge is 2.28. The average molecular weight is 457 g/mol. The second-order valence-corrected chi connectivity index (χ2v) is 10.8. The molecule has 1 unspecified atom stereocenters. The maximum Gasteiger partial charge on any atom is 0.267 e. The fourth-order valence-electron chi connectivity index (χ4n) is 4.11. The number of rotatable bonds is 9. The summed E-state index contributed by atoms with van der Waals surface area (Å²) in [5, 5.41) is 1.60. The molecule has 1 atom stereocenters. The van der Waals surface area contributed by atoms with E-state index in [4.69, 9.17) is 9.72 Å². The molecule has 0 N–H and O–H groups in total. The van der Waals surface area contributed by atoms with Crippen molar-refractivity contribution in [2.45, 2.75) is 77.2 Å². The Hall–Kier alpha value is -1.63. The first-order chi connectivity index (χ1) is 15.1. The third-order valence-corrected chi connectivity index (χ3v) is 8.07. The molecule has 31 heavy (non-hydrogen) atoms. The lowest BCUT2D eigenvalue weighted by molar-refractivity contribution is 0.00200. The number of fused-ring (bicyclic) bond motifs is 3. The van der Waals surface area contributed by atoms with Gasteiger partial charge in [-0.2, -0.15) is 0 Å². The van der Waals surface area contributed by atoms with Gasteiger partial charge in [-0.25, -0.2) is 4.98 Å². The van der Waals surface area contributed by atoms with Crippen LogP contribution in [0.1, 0.15) is 63.3 Å². The molecule has 3 heterocycles. The van der Waals surface area contributed by atoms with E-state index in [1.165, 1.54) is 25.7 Å². The number of para-hydroxylation sites is 1. The number of thiophene rings is 1. The second-order valence-electron chi connectivity index (χ2n) is 8.61. The van der Waals surface area contributed by atoms with Crippen molar-refractivity contribution in [2.24, 2.45) is 5.92 Å². The molecule has 6 heteroatoms. The topological polar surface area (TPSA) is 44.1 Å². The van der Waals surface area contributed by atoms with E-state index in [9.17, 15) is 4.79 Å². The van der Waals surface area contributed by atoms with Crippen LogP contribution in [0.3, 0.4) is 0 Å². The molecular weight excluding hydrogens is 424 g/mol. The zero-order valence-corrected chi connectivity index (χ0v) is 20.4. The van der Waals surface area contributed by atoms with Crippen LogP contribution in [0.2, 0.25) is 0 Å². The Balaban J connectivity index is 1.72. The van der Waals surface area contributed by atoms with Gasteiger partial charge in [0.1, 0.15) is 4.83 Å². The van der Waals surface area contributed by atoms with Gasteiger partial charge in [0.25, 0.3) is 5.56 Å². The standard InChI is InChI=1S/C25H32N2O2S2/c1-4-5-6-7-11-14-30-25-26-23-22(24(28)27(25)18-12-9-8-10-13-18)19-15-20(17(2)3)29-16-21(19)31-23/h8-10,12-13,17,20H,4-7,11,14-16H2,1-3H3. The maximum absolute atomic E-state index is 13.8. The number of benzene rings is 1. The van der Waals surface area contributed by atoms with E-state index in [0.29, 0.717) is 12.5 Å². The van der Waals surface area contributed by atoms with Crippen molar-refractivity contribution in [1.82, 2.24) is 9.55 Å². The molecular formula is C25H32N2O2S2. The Morgan fingerprint density at radius 2 is 1.97 bits per heavy atom. The highest BCUT2D eigenvalue weighted by Crippen LogP contribution is 2.36. The first-order valence-corrected chi connectivity index (χ1v) is 13.3. The van der Waals surface area contributed by atoms with Crippen LogP contribution < -0.4 is 5.56 Å². The van der Waals surface area contributed by atoms with Crippen molar-refractivity contribution in [3.05, 3.63) is 51.1 Å². The number of ether oxygens (including phenoxy) is 1. The number of thioether (sulfide) groups is 1. The molecule has 0 saturated heterocycles. The monoisotopic (exact) mass is 456 g/mol. The lowest BCUT2D eigenvalue weighted by atomic mass is 9.96. The fraction of sp³-hybridized carbons (Fsp3) is 0.520. The summed E-state index contributed by atoms with van der Waals surface area (Å²) in [7, 11) is 0. The van der Waals surface area contributed by atoms with Gasteiger partial charge in [-0.05, 0) is 30.0 Å². The lowest BCUT2D eigenvalue weighted by Gasteiger charge is -2.26. The van der Waals surface area contributed by atoms with Gasteiger partial charge in [0.15, 0.2) is 5.16 Å². The van der Waals surface area contributed by atoms with E-state index < -0.39 is 0 Å². The molecule has 0 bridgehead atoms. The summed E-state index contributed by atoms with van der Waals surface area (Å²) in [6, 6.07) is 9.95. The third-order valence-electron chi connectivity index (χ3n) is 5.95. The van der Waals surface area contributed by atoms with E-state index in [0.717, 1.165) is 50.1 Å². The van der Waals surface area contributed by atoms with Crippen molar-refractivity contribution in [1.29, 1.82) is 0 Å². The van der Waals surface area contributed by atoms with Gasteiger partial charge >= 0.3 is 0 Å². The number of hydrogen-bond donors (Lipinski definition) is 0. The molecule has 1 aliphatic heterocycles. The zero-order valence-electron chi connectivity index (χ0n) is 18.7. The molecule has 1 aliphatic rings. The van der Waals surface area contributed by atoms with Crippen molar-refractivity contribution in [3.63, 3.8) is 0 Å². The fourth-order valence-corrected chi connectivity index (χ4v) is 6.28. The van der Waals surface area contributed by atoms with Crippen LogP contribution >= 0.6 is 23.1 Å². The van der Waals surface area contributed by atoms with Crippen molar-refractivity contribution in [2.75, 3.05) is 5.75 Å².